The van der Waals surface area contributed by atoms with Gasteiger partial charge in [-0.05, 0) is 57.0 Å². The average Bonchev–Trinajstić information content (AvgIpc) is 2.79. The van der Waals surface area contributed by atoms with Gasteiger partial charge in [0.15, 0.2) is 0 Å². The predicted molar refractivity (Wildman–Crippen MR) is 82.3 cm³/mol. The van der Waals surface area contributed by atoms with Gasteiger partial charge in [-0.3, -0.25) is 0 Å². The van der Waals surface area contributed by atoms with Gasteiger partial charge in [0, 0.05) is 10.5 Å². The van der Waals surface area contributed by atoms with Crippen molar-refractivity contribution in [3.05, 3.63) is 58.0 Å². The zero-order chi connectivity index (χ0) is 13.8. The Bertz CT molecular complexity index is 518. The maximum Gasteiger partial charge on any atom is 0.120 e. The van der Waals surface area contributed by atoms with E-state index < -0.39 is 0 Å². The van der Waals surface area contributed by atoms with Crippen molar-refractivity contribution in [2.75, 3.05) is 0 Å². The molecule has 0 saturated carbocycles. The Hall–Kier alpha value is -1.06. The lowest BCUT2D eigenvalue weighted by atomic mass is 10.1. The number of nitrogens with one attached hydrogen (secondary N) is 1. The van der Waals surface area contributed by atoms with Crippen LogP contribution in [-0.2, 0) is 6.42 Å². The third-order valence-electron chi connectivity index (χ3n) is 3.18. The van der Waals surface area contributed by atoms with Gasteiger partial charge in [-0.25, -0.2) is 0 Å². The quantitative estimate of drug-likeness (QED) is 0.868. The van der Waals surface area contributed by atoms with Gasteiger partial charge >= 0.3 is 0 Å². The minimum absolute atomic E-state index is 0.235. The highest BCUT2D eigenvalue weighted by molar-refractivity contribution is 9.10. The first kappa shape index (κ1) is 14.4. The van der Waals surface area contributed by atoms with Crippen molar-refractivity contribution in [3.8, 4) is 0 Å². The van der Waals surface area contributed by atoms with E-state index in [2.05, 4.69) is 59.4 Å². The van der Waals surface area contributed by atoms with Gasteiger partial charge in [-0.1, -0.05) is 28.1 Å². The molecule has 0 radical (unpaired) electrons. The Morgan fingerprint density at radius 1 is 1.11 bits per heavy atom. The van der Waals surface area contributed by atoms with E-state index in [1.54, 1.807) is 0 Å². The first-order chi connectivity index (χ1) is 9.04. The highest BCUT2D eigenvalue weighted by Crippen LogP contribution is 2.17. The molecule has 2 nitrogen and oxygen atoms in total. The highest BCUT2D eigenvalue weighted by Gasteiger charge is 2.12. The second kappa shape index (κ2) is 6.40. The molecule has 2 unspecified atom stereocenters. The third kappa shape index (κ3) is 4.22. The molecule has 0 aliphatic carbocycles. The van der Waals surface area contributed by atoms with Crippen LogP contribution in [0.1, 0.15) is 37.0 Å². The number of aryl methyl sites for hydroxylation is 1. The zero-order valence-corrected chi connectivity index (χ0v) is 13.2. The van der Waals surface area contributed by atoms with Crippen LogP contribution in [0.2, 0.25) is 0 Å². The highest BCUT2D eigenvalue weighted by atomic mass is 79.9. The molecular weight excluding hydrogens is 302 g/mol. The zero-order valence-electron chi connectivity index (χ0n) is 11.6. The minimum atomic E-state index is 0.235. The van der Waals surface area contributed by atoms with E-state index in [0.717, 1.165) is 22.4 Å². The number of hydrogen-bond donors (Lipinski definition) is 1. The second-order valence-electron chi connectivity index (χ2n) is 5.07. The van der Waals surface area contributed by atoms with Gasteiger partial charge in [-0.15, -0.1) is 0 Å². The first-order valence-electron chi connectivity index (χ1n) is 6.61. The van der Waals surface area contributed by atoms with E-state index in [4.69, 9.17) is 4.42 Å². The van der Waals surface area contributed by atoms with E-state index in [-0.39, 0.29) is 6.04 Å². The summed E-state index contributed by atoms with van der Waals surface area (Å²) >= 11 is 3.46. The molecule has 1 heterocycles. The number of benzene rings is 1. The summed E-state index contributed by atoms with van der Waals surface area (Å²) in [5, 5.41) is 3.57. The van der Waals surface area contributed by atoms with Crippen LogP contribution in [0.4, 0.5) is 0 Å². The maximum atomic E-state index is 5.64. The number of furan rings is 1. The fourth-order valence-electron chi connectivity index (χ4n) is 2.23. The lowest BCUT2D eigenvalue weighted by molar-refractivity contribution is 0.387. The smallest absolute Gasteiger partial charge is 0.120 e. The molecule has 3 heteroatoms. The molecule has 2 rings (SSSR count). The van der Waals surface area contributed by atoms with Crippen molar-refractivity contribution in [3.63, 3.8) is 0 Å². The molecule has 2 aromatic rings. The summed E-state index contributed by atoms with van der Waals surface area (Å²) in [5.74, 6) is 1.96. The normalized spacial score (nSPS) is 14.3. The summed E-state index contributed by atoms with van der Waals surface area (Å²) < 4.78 is 6.76. The summed E-state index contributed by atoms with van der Waals surface area (Å²) in [6.07, 6.45) is 1.01. The Morgan fingerprint density at radius 2 is 1.79 bits per heavy atom. The van der Waals surface area contributed by atoms with Crippen LogP contribution in [0.3, 0.4) is 0 Å². The molecule has 0 fully saturated rings. The SMILES string of the molecule is Cc1ccc(C(C)NC(C)Cc2ccc(Br)cc2)o1. The Kier molecular flexibility index (Phi) is 4.83. The summed E-state index contributed by atoms with van der Waals surface area (Å²) in [6, 6.07) is 13.2. The lowest BCUT2D eigenvalue weighted by Gasteiger charge is -2.18. The molecule has 0 aliphatic heterocycles. The van der Waals surface area contributed by atoms with Crippen LogP contribution in [0.5, 0.6) is 0 Å². The van der Waals surface area contributed by atoms with Crippen molar-refractivity contribution in [1.82, 2.24) is 5.32 Å². The Labute approximate surface area is 123 Å². The number of rotatable bonds is 5. The molecule has 0 spiro atoms. The molecular formula is C16H20BrNO. The van der Waals surface area contributed by atoms with Gasteiger partial charge in [0.05, 0.1) is 6.04 Å². The van der Waals surface area contributed by atoms with E-state index in [1.807, 2.05) is 19.1 Å². The van der Waals surface area contributed by atoms with Crippen molar-refractivity contribution < 1.29 is 4.42 Å². The predicted octanol–water partition coefficient (Wildman–Crippen LogP) is 4.63. The van der Waals surface area contributed by atoms with Gasteiger partial charge in [0.1, 0.15) is 11.5 Å². The molecule has 0 saturated heterocycles. The molecule has 1 N–H and O–H groups in total. The molecule has 1 aromatic heterocycles. The van der Waals surface area contributed by atoms with Gasteiger partial charge in [-0.2, -0.15) is 0 Å². The standard InChI is InChI=1S/C16H20BrNO/c1-11(10-14-5-7-15(17)8-6-14)18-13(3)16-9-4-12(2)19-16/h4-9,11,13,18H,10H2,1-3H3. The first-order valence-corrected chi connectivity index (χ1v) is 7.40. The summed E-state index contributed by atoms with van der Waals surface area (Å²) in [7, 11) is 0. The van der Waals surface area contributed by atoms with E-state index in [0.29, 0.717) is 6.04 Å². The van der Waals surface area contributed by atoms with E-state index >= 15 is 0 Å². The molecule has 19 heavy (non-hydrogen) atoms. The monoisotopic (exact) mass is 321 g/mol. The van der Waals surface area contributed by atoms with Crippen LogP contribution in [0.25, 0.3) is 0 Å². The van der Waals surface area contributed by atoms with Crippen molar-refractivity contribution in [2.45, 2.75) is 39.3 Å². The summed E-state index contributed by atoms with van der Waals surface area (Å²) in [4.78, 5) is 0. The van der Waals surface area contributed by atoms with E-state index in [9.17, 15) is 0 Å². The third-order valence-corrected chi connectivity index (χ3v) is 3.71. The number of hydrogen-bond acceptors (Lipinski definition) is 2. The molecule has 1 aromatic carbocycles. The topological polar surface area (TPSA) is 25.2 Å². The Morgan fingerprint density at radius 3 is 2.37 bits per heavy atom. The minimum Gasteiger partial charge on any atom is -0.465 e. The summed E-state index contributed by atoms with van der Waals surface area (Å²) in [6.45, 7) is 6.31. The largest absolute Gasteiger partial charge is 0.465 e. The van der Waals surface area contributed by atoms with Crippen LogP contribution in [0, 0.1) is 6.92 Å². The fourth-order valence-corrected chi connectivity index (χ4v) is 2.49. The van der Waals surface area contributed by atoms with Gasteiger partial charge in [0.2, 0.25) is 0 Å². The van der Waals surface area contributed by atoms with Crippen LogP contribution in [0.15, 0.2) is 45.3 Å². The molecule has 0 amide bonds. The van der Waals surface area contributed by atoms with Crippen molar-refractivity contribution in [1.29, 1.82) is 0 Å². The summed E-state index contributed by atoms with van der Waals surface area (Å²) in [5.41, 5.74) is 1.34. The van der Waals surface area contributed by atoms with Gasteiger partial charge < -0.3 is 9.73 Å². The number of halogens is 1. The second-order valence-corrected chi connectivity index (χ2v) is 5.98. The van der Waals surface area contributed by atoms with Crippen molar-refractivity contribution >= 4 is 15.9 Å². The molecule has 102 valence electrons. The molecule has 2 atom stereocenters. The van der Waals surface area contributed by atoms with Crippen molar-refractivity contribution in [2.24, 2.45) is 0 Å². The van der Waals surface area contributed by atoms with E-state index in [1.165, 1.54) is 5.56 Å². The Balaban J connectivity index is 1.90. The molecule has 0 aliphatic rings. The molecule has 0 bridgehead atoms. The average molecular weight is 322 g/mol. The van der Waals surface area contributed by atoms with Crippen LogP contribution in [-0.4, -0.2) is 6.04 Å². The van der Waals surface area contributed by atoms with Crippen LogP contribution < -0.4 is 5.32 Å². The fraction of sp³-hybridized carbons (Fsp3) is 0.375. The van der Waals surface area contributed by atoms with Crippen LogP contribution >= 0.6 is 15.9 Å². The van der Waals surface area contributed by atoms with Gasteiger partial charge in [0.25, 0.3) is 0 Å². The lowest BCUT2D eigenvalue weighted by Crippen LogP contribution is -2.30. The maximum absolute atomic E-state index is 5.64.